The van der Waals surface area contributed by atoms with E-state index in [4.69, 9.17) is 28.9 Å². The largest absolute Gasteiger partial charge is 0.449 e. The number of alkyl carbamates (subject to hydrolysis) is 2. The van der Waals surface area contributed by atoms with E-state index < -0.39 is 56.1 Å². The SMILES string of the molecule is CC(C)(C)OC(=O)NCCSSCCOC(=O)NCC#Cc1cn([C@H]2C[C@H](OCN=[N+]=[N-])[C@@H](CO[Si](c3ccccc3)(c3ccccc3)C(C)(C)C)O2)c(=O)nc1NC(=O)c1ccccc1. The van der Waals surface area contributed by atoms with Crippen molar-refractivity contribution in [3.8, 4) is 11.8 Å². The number of benzene rings is 3. The van der Waals surface area contributed by atoms with Gasteiger partial charge in [-0.15, -0.1) is 0 Å². The lowest BCUT2D eigenvalue weighted by molar-refractivity contribution is -0.0582. The molecule has 4 aromatic rings. The molecule has 0 spiro atoms. The van der Waals surface area contributed by atoms with Gasteiger partial charge in [0, 0.05) is 41.1 Å². The summed E-state index contributed by atoms with van der Waals surface area (Å²) in [6.45, 7) is 12.1. The Morgan fingerprint density at radius 3 is 2.18 bits per heavy atom. The fourth-order valence-corrected chi connectivity index (χ4v) is 13.4. The van der Waals surface area contributed by atoms with Crippen LogP contribution in [0.2, 0.25) is 5.04 Å². The molecule has 20 heteroatoms. The Balaban J connectivity index is 1.31. The number of hydrogen-bond acceptors (Lipinski definition) is 13. The van der Waals surface area contributed by atoms with Crippen molar-refractivity contribution in [2.45, 2.75) is 77.0 Å². The van der Waals surface area contributed by atoms with Crippen LogP contribution in [-0.2, 0) is 23.4 Å². The van der Waals surface area contributed by atoms with Gasteiger partial charge in [0.2, 0.25) is 0 Å². The third kappa shape index (κ3) is 14.9. The second-order valence-corrected chi connectivity index (χ2v) is 23.8. The lowest BCUT2D eigenvalue weighted by atomic mass is 10.2. The smallest absolute Gasteiger partial charge is 0.407 e. The predicted octanol–water partition coefficient (Wildman–Crippen LogP) is 7.00. The van der Waals surface area contributed by atoms with Gasteiger partial charge in [0.25, 0.3) is 14.2 Å². The first kappa shape index (κ1) is 51.2. The van der Waals surface area contributed by atoms with Crippen LogP contribution in [0.3, 0.4) is 0 Å². The highest BCUT2D eigenvalue weighted by molar-refractivity contribution is 8.76. The fraction of sp³-hybridized carbons (Fsp3) is 0.413. The number of rotatable bonds is 19. The Labute approximate surface area is 393 Å². The topological polar surface area (TPSA) is 217 Å². The molecule has 1 fully saturated rings. The molecule has 3 N–H and O–H groups in total. The van der Waals surface area contributed by atoms with Gasteiger partial charge in [-0.05, 0) is 53.8 Å². The van der Waals surface area contributed by atoms with Crippen molar-refractivity contribution in [1.29, 1.82) is 0 Å². The van der Waals surface area contributed by atoms with Crippen LogP contribution >= 0.6 is 21.6 Å². The summed E-state index contributed by atoms with van der Waals surface area (Å²) in [6.07, 6.45) is -1.84. The normalized spacial score (nSPS) is 15.9. The third-order valence-corrected chi connectivity index (χ3v) is 17.3. The van der Waals surface area contributed by atoms with E-state index >= 15 is 0 Å². The van der Waals surface area contributed by atoms with Gasteiger partial charge in [0.15, 0.2) is 5.82 Å². The highest BCUT2D eigenvalue weighted by Gasteiger charge is 2.51. The molecule has 1 aliphatic rings. The van der Waals surface area contributed by atoms with E-state index in [2.05, 4.69) is 87.8 Å². The van der Waals surface area contributed by atoms with Crippen LogP contribution in [0, 0.1) is 11.8 Å². The second kappa shape index (κ2) is 24.7. The maximum Gasteiger partial charge on any atom is 0.407 e. The highest BCUT2D eigenvalue weighted by atomic mass is 33.1. The molecule has 1 aliphatic heterocycles. The summed E-state index contributed by atoms with van der Waals surface area (Å²) in [5.74, 6) is 6.34. The number of anilines is 1. The molecule has 5 rings (SSSR count). The second-order valence-electron chi connectivity index (χ2n) is 16.8. The number of hydrogen-bond donors (Lipinski definition) is 3. The molecule has 350 valence electrons. The van der Waals surface area contributed by atoms with Gasteiger partial charge in [-0.25, -0.2) is 14.4 Å². The molecular formula is C46H56N8O9S2Si. The van der Waals surface area contributed by atoms with Gasteiger partial charge in [-0.1, -0.05) is 138 Å². The van der Waals surface area contributed by atoms with Crippen LogP contribution in [0.1, 0.15) is 70.1 Å². The number of nitrogens with one attached hydrogen (secondary N) is 3. The molecule has 0 saturated carbocycles. The first-order valence-corrected chi connectivity index (χ1v) is 25.6. The summed E-state index contributed by atoms with van der Waals surface area (Å²) in [4.78, 5) is 58.4. The minimum absolute atomic E-state index is 0.0808. The molecular weight excluding hydrogens is 901 g/mol. The molecule has 3 atom stereocenters. The summed E-state index contributed by atoms with van der Waals surface area (Å²) in [7, 11) is -0.0109. The first-order valence-electron chi connectivity index (χ1n) is 21.2. The van der Waals surface area contributed by atoms with E-state index in [1.165, 1.54) is 32.4 Å². The molecule has 0 radical (unpaired) electrons. The number of amides is 3. The Hall–Kier alpha value is -5.78. The average Bonchev–Trinajstić information content (AvgIpc) is 3.69. The average molecular weight is 957 g/mol. The first-order chi connectivity index (χ1) is 31.6. The van der Waals surface area contributed by atoms with Crippen molar-refractivity contribution in [1.82, 2.24) is 20.2 Å². The number of ether oxygens (including phenoxy) is 4. The van der Waals surface area contributed by atoms with Crippen LogP contribution in [0.25, 0.3) is 10.4 Å². The van der Waals surface area contributed by atoms with Crippen LogP contribution in [0.15, 0.2) is 107 Å². The Bertz CT molecular complexity index is 2360. The Kier molecular flexibility index (Phi) is 19.1. The molecule has 0 bridgehead atoms. The maximum absolute atomic E-state index is 13.8. The van der Waals surface area contributed by atoms with E-state index in [0.717, 1.165) is 10.4 Å². The third-order valence-electron chi connectivity index (χ3n) is 9.88. The predicted molar refractivity (Wildman–Crippen MR) is 259 cm³/mol. The number of aromatic nitrogens is 2. The van der Waals surface area contributed by atoms with Gasteiger partial charge in [-0.3, -0.25) is 9.36 Å². The minimum atomic E-state index is -3.02. The van der Waals surface area contributed by atoms with E-state index in [0.29, 0.717) is 23.6 Å². The standard InChI is InChI=1S/C46H56N8O9S2Si/c1-45(2,3)63-44(58)49-25-27-64-65-28-26-59-43(57)48-24-16-19-34-30-54(42(56)52-40(34)51-41(55)33-17-10-7-11-18-33)39-29-37(60-32-50-53-47)38(62-39)31-61-66(46(4,5)6,35-20-12-8-13-21-35)36-22-14-9-15-23-36/h7-15,17-18,20-23,30,37-39H,24-29,31-32H2,1-6H3,(H,48,57)(H,49,58)(H,51,52,55,56)/t37-,38+,39+/m0/s1. The lowest BCUT2D eigenvalue weighted by Crippen LogP contribution is -2.67. The van der Waals surface area contributed by atoms with E-state index in [9.17, 15) is 19.2 Å². The molecule has 0 aliphatic carbocycles. The lowest BCUT2D eigenvalue weighted by Gasteiger charge is -2.43. The van der Waals surface area contributed by atoms with Crippen LogP contribution in [0.4, 0.5) is 15.4 Å². The van der Waals surface area contributed by atoms with E-state index in [1.54, 1.807) is 51.1 Å². The van der Waals surface area contributed by atoms with Crippen molar-refractivity contribution in [2.24, 2.45) is 5.11 Å². The monoisotopic (exact) mass is 956 g/mol. The van der Waals surface area contributed by atoms with Crippen LogP contribution in [0.5, 0.6) is 0 Å². The summed E-state index contributed by atoms with van der Waals surface area (Å²) >= 11 is 0. The zero-order valence-electron chi connectivity index (χ0n) is 37.9. The van der Waals surface area contributed by atoms with Crippen LogP contribution in [-0.4, -0.2) is 98.3 Å². The van der Waals surface area contributed by atoms with Gasteiger partial charge >= 0.3 is 17.9 Å². The molecule has 1 aromatic heterocycles. The fourth-order valence-electron chi connectivity index (χ4n) is 7.05. The molecule has 3 aromatic carbocycles. The van der Waals surface area contributed by atoms with E-state index in [1.807, 2.05) is 36.4 Å². The zero-order valence-corrected chi connectivity index (χ0v) is 40.5. The summed E-state index contributed by atoms with van der Waals surface area (Å²) in [5.41, 5.74) is 8.25. The van der Waals surface area contributed by atoms with Crippen LogP contribution < -0.4 is 32.0 Å². The summed E-state index contributed by atoms with van der Waals surface area (Å²) in [5, 5.41) is 13.4. The molecule has 1 saturated heterocycles. The van der Waals surface area contributed by atoms with Crippen molar-refractivity contribution >= 4 is 64.2 Å². The number of carbonyl (C=O) groups excluding carboxylic acids is 3. The highest BCUT2D eigenvalue weighted by Crippen LogP contribution is 2.38. The number of nitrogens with zero attached hydrogens (tertiary/aromatic N) is 5. The van der Waals surface area contributed by atoms with Crippen molar-refractivity contribution in [2.75, 3.05) is 49.9 Å². The number of carbonyl (C=O) groups is 3. The van der Waals surface area contributed by atoms with E-state index in [-0.39, 0.29) is 49.3 Å². The quantitative estimate of drug-likeness (QED) is 0.0165. The molecule has 3 amide bonds. The van der Waals surface area contributed by atoms with Gasteiger partial charge in [0.05, 0.1) is 24.8 Å². The molecule has 2 heterocycles. The number of azide groups is 1. The van der Waals surface area contributed by atoms with Gasteiger partial charge in [-0.2, -0.15) is 4.98 Å². The van der Waals surface area contributed by atoms with Crippen molar-refractivity contribution in [3.05, 3.63) is 129 Å². The maximum atomic E-state index is 13.8. The Morgan fingerprint density at radius 2 is 1.56 bits per heavy atom. The molecule has 66 heavy (non-hydrogen) atoms. The summed E-state index contributed by atoms with van der Waals surface area (Å²) < 4.78 is 31.6. The molecule has 0 unspecified atom stereocenters. The summed E-state index contributed by atoms with van der Waals surface area (Å²) in [6, 6.07) is 28.7. The van der Waals surface area contributed by atoms with Crippen molar-refractivity contribution in [3.63, 3.8) is 0 Å². The minimum Gasteiger partial charge on any atom is -0.449 e. The molecule has 17 nitrogen and oxygen atoms in total. The van der Waals surface area contributed by atoms with Gasteiger partial charge < -0.3 is 39.3 Å². The Morgan fingerprint density at radius 1 is 0.924 bits per heavy atom. The van der Waals surface area contributed by atoms with Crippen molar-refractivity contribution < 1.29 is 37.8 Å². The zero-order chi connectivity index (χ0) is 47.6. The van der Waals surface area contributed by atoms with Gasteiger partial charge in [0.1, 0.15) is 31.3 Å².